The van der Waals surface area contributed by atoms with E-state index in [1.165, 1.54) is 0 Å². The van der Waals surface area contributed by atoms with Crippen LogP contribution in [0.3, 0.4) is 0 Å². The Labute approximate surface area is 164 Å². The lowest BCUT2D eigenvalue weighted by atomic mass is 10.0. The number of sulfonamides is 1. The van der Waals surface area contributed by atoms with E-state index in [-0.39, 0.29) is 11.6 Å². The smallest absolute Gasteiger partial charge is 0.242 e. The molecule has 1 N–H and O–H groups in total. The van der Waals surface area contributed by atoms with Crippen LogP contribution in [0.4, 0.5) is 0 Å². The van der Waals surface area contributed by atoms with Gasteiger partial charge in [-0.3, -0.25) is 4.98 Å². The second-order valence-corrected chi connectivity index (χ2v) is 8.51. The van der Waals surface area contributed by atoms with Crippen molar-refractivity contribution < 1.29 is 8.42 Å². The van der Waals surface area contributed by atoms with E-state index in [4.69, 9.17) is 0 Å². The van der Waals surface area contributed by atoms with Crippen LogP contribution in [0.2, 0.25) is 0 Å². The molecule has 5 nitrogen and oxygen atoms in total. The van der Waals surface area contributed by atoms with Crippen molar-refractivity contribution >= 4 is 20.9 Å². The van der Waals surface area contributed by atoms with E-state index in [9.17, 15) is 8.42 Å². The summed E-state index contributed by atoms with van der Waals surface area (Å²) in [4.78, 5) is 4.82. The summed E-state index contributed by atoms with van der Waals surface area (Å²) in [6.07, 6.45) is 3.82. The number of hydrogen-bond acceptors (Lipinski definition) is 3. The fourth-order valence-electron chi connectivity index (χ4n) is 3.46. The first-order valence-corrected chi connectivity index (χ1v) is 10.5. The van der Waals surface area contributed by atoms with Crippen LogP contribution in [-0.4, -0.2) is 18.0 Å². The van der Waals surface area contributed by atoms with Crippen molar-refractivity contribution in [1.29, 1.82) is 0 Å². The number of nitrogens with zero attached hydrogens (tertiary/aromatic N) is 2. The minimum absolute atomic E-state index is 0.144. The third-order valence-corrected chi connectivity index (χ3v) is 6.25. The van der Waals surface area contributed by atoms with Crippen LogP contribution in [0.5, 0.6) is 0 Å². The van der Waals surface area contributed by atoms with Crippen LogP contribution in [-0.2, 0) is 16.7 Å². The molecule has 2 heterocycles. The molecule has 0 aliphatic heterocycles. The fraction of sp³-hybridized carbons (Fsp3) is 0.136. The average Bonchev–Trinajstić information content (AvgIpc) is 3.03. The van der Waals surface area contributed by atoms with Crippen LogP contribution >= 0.6 is 0 Å². The molecule has 0 amide bonds. The molecule has 2 aromatic heterocycles. The van der Waals surface area contributed by atoms with Crippen molar-refractivity contribution in [3.8, 4) is 11.1 Å². The SMILES string of the molecule is Cc1ncc2c(C)cn(CNS(=O)(=O)c3ccccc3)c2c1-c1ccccc1. The summed E-state index contributed by atoms with van der Waals surface area (Å²) in [5, 5.41) is 1.02. The van der Waals surface area contributed by atoms with Gasteiger partial charge in [0.15, 0.2) is 0 Å². The molecule has 28 heavy (non-hydrogen) atoms. The topological polar surface area (TPSA) is 64.0 Å². The normalized spacial score (nSPS) is 11.8. The zero-order valence-corrected chi connectivity index (χ0v) is 16.6. The highest BCUT2D eigenvalue weighted by Crippen LogP contribution is 2.33. The number of fused-ring (bicyclic) bond motifs is 1. The van der Waals surface area contributed by atoms with E-state index in [0.29, 0.717) is 0 Å². The summed E-state index contributed by atoms with van der Waals surface area (Å²) in [6.45, 7) is 4.13. The molecule has 0 bridgehead atoms. The van der Waals surface area contributed by atoms with Gasteiger partial charge in [0.1, 0.15) is 0 Å². The molecule has 4 rings (SSSR count). The lowest BCUT2D eigenvalue weighted by Gasteiger charge is -2.13. The van der Waals surface area contributed by atoms with Crippen LogP contribution < -0.4 is 4.72 Å². The second-order valence-electron chi connectivity index (χ2n) is 6.75. The molecule has 0 aliphatic rings. The number of aryl methyl sites for hydroxylation is 2. The van der Waals surface area contributed by atoms with Crippen molar-refractivity contribution in [2.24, 2.45) is 0 Å². The number of aromatic nitrogens is 2. The molecule has 4 aromatic rings. The summed E-state index contributed by atoms with van der Waals surface area (Å²) < 4.78 is 29.9. The van der Waals surface area contributed by atoms with Crippen molar-refractivity contribution in [1.82, 2.24) is 14.3 Å². The van der Waals surface area contributed by atoms with Gasteiger partial charge < -0.3 is 4.57 Å². The third kappa shape index (κ3) is 3.32. The number of pyridine rings is 1. The van der Waals surface area contributed by atoms with Gasteiger partial charge in [-0.1, -0.05) is 48.5 Å². The largest absolute Gasteiger partial charge is 0.332 e. The molecule has 0 saturated carbocycles. The highest BCUT2D eigenvalue weighted by molar-refractivity contribution is 7.89. The van der Waals surface area contributed by atoms with Crippen LogP contribution in [0.1, 0.15) is 11.3 Å². The standard InChI is InChI=1S/C22H21N3O2S/c1-16-14-25(15-24-28(26,27)19-11-7-4-8-12-19)22-20(16)13-23-17(2)21(22)18-9-5-3-6-10-18/h3-14,24H,15H2,1-2H3. The maximum absolute atomic E-state index is 12.6. The first-order valence-electron chi connectivity index (χ1n) is 9.02. The Morgan fingerprint density at radius 3 is 2.29 bits per heavy atom. The maximum Gasteiger partial charge on any atom is 0.242 e. The second kappa shape index (κ2) is 7.22. The van der Waals surface area contributed by atoms with Gasteiger partial charge in [-0.25, -0.2) is 8.42 Å². The molecule has 6 heteroatoms. The lowest BCUT2D eigenvalue weighted by Crippen LogP contribution is -2.26. The summed E-state index contributed by atoms with van der Waals surface area (Å²) >= 11 is 0. The van der Waals surface area contributed by atoms with Crippen molar-refractivity contribution in [3.05, 3.63) is 84.3 Å². The zero-order valence-electron chi connectivity index (χ0n) is 15.8. The number of nitrogens with one attached hydrogen (secondary N) is 1. The number of rotatable bonds is 5. The highest BCUT2D eigenvalue weighted by atomic mass is 32.2. The minimum Gasteiger partial charge on any atom is -0.332 e. The van der Waals surface area contributed by atoms with Gasteiger partial charge in [-0.2, -0.15) is 4.72 Å². The Bertz CT molecular complexity index is 1230. The molecule has 0 spiro atoms. The predicted octanol–water partition coefficient (Wildman–Crippen LogP) is 4.26. The van der Waals surface area contributed by atoms with Gasteiger partial charge >= 0.3 is 0 Å². The average molecular weight is 391 g/mol. The van der Waals surface area contributed by atoms with Crippen molar-refractivity contribution in [3.63, 3.8) is 0 Å². The van der Waals surface area contributed by atoms with Gasteiger partial charge in [0.25, 0.3) is 0 Å². The Morgan fingerprint density at radius 1 is 0.964 bits per heavy atom. The van der Waals surface area contributed by atoms with E-state index in [0.717, 1.165) is 33.3 Å². The van der Waals surface area contributed by atoms with Gasteiger partial charge in [0.2, 0.25) is 10.0 Å². The van der Waals surface area contributed by atoms with Gasteiger partial charge in [-0.05, 0) is 37.1 Å². The van der Waals surface area contributed by atoms with Gasteiger partial charge in [0, 0.05) is 29.0 Å². The van der Waals surface area contributed by atoms with E-state index in [1.807, 2.05) is 61.1 Å². The van der Waals surface area contributed by atoms with Crippen LogP contribution in [0, 0.1) is 13.8 Å². The zero-order chi connectivity index (χ0) is 19.7. The molecule has 2 aromatic carbocycles. The number of benzene rings is 2. The molecule has 0 aliphatic carbocycles. The summed E-state index contributed by atoms with van der Waals surface area (Å²) in [5.41, 5.74) is 5.02. The van der Waals surface area contributed by atoms with Crippen molar-refractivity contribution in [2.45, 2.75) is 25.4 Å². The first kappa shape index (κ1) is 18.4. The predicted molar refractivity (Wildman–Crippen MR) is 111 cm³/mol. The molecule has 142 valence electrons. The summed E-state index contributed by atoms with van der Waals surface area (Å²) in [5.74, 6) is 0. The quantitative estimate of drug-likeness (QED) is 0.553. The monoisotopic (exact) mass is 391 g/mol. The Balaban J connectivity index is 1.79. The Hall–Kier alpha value is -2.96. The highest BCUT2D eigenvalue weighted by Gasteiger charge is 2.17. The summed E-state index contributed by atoms with van der Waals surface area (Å²) in [6, 6.07) is 18.5. The van der Waals surface area contributed by atoms with E-state index in [2.05, 4.69) is 9.71 Å². The summed E-state index contributed by atoms with van der Waals surface area (Å²) in [7, 11) is -3.59. The first-order chi connectivity index (χ1) is 13.5. The minimum atomic E-state index is -3.59. The van der Waals surface area contributed by atoms with Gasteiger partial charge in [-0.15, -0.1) is 0 Å². The molecule has 0 atom stereocenters. The molecule has 0 radical (unpaired) electrons. The lowest BCUT2D eigenvalue weighted by molar-refractivity contribution is 0.566. The van der Waals surface area contributed by atoms with Crippen molar-refractivity contribution in [2.75, 3.05) is 0 Å². The van der Waals surface area contributed by atoms with E-state index in [1.54, 1.807) is 30.3 Å². The van der Waals surface area contributed by atoms with Crippen LogP contribution in [0.25, 0.3) is 22.0 Å². The van der Waals surface area contributed by atoms with Crippen LogP contribution in [0.15, 0.2) is 78.0 Å². The van der Waals surface area contributed by atoms with E-state index < -0.39 is 10.0 Å². The molecule has 0 fully saturated rings. The fourth-order valence-corrected chi connectivity index (χ4v) is 4.45. The Kier molecular flexibility index (Phi) is 4.75. The molecule has 0 unspecified atom stereocenters. The maximum atomic E-state index is 12.6. The third-order valence-electron chi connectivity index (χ3n) is 4.84. The van der Waals surface area contributed by atoms with Gasteiger partial charge in [0.05, 0.1) is 17.1 Å². The molecular formula is C22H21N3O2S. The van der Waals surface area contributed by atoms with E-state index >= 15 is 0 Å². The molecular weight excluding hydrogens is 370 g/mol. The Morgan fingerprint density at radius 2 is 1.61 bits per heavy atom. The number of hydrogen-bond donors (Lipinski definition) is 1. The molecule has 0 saturated heterocycles.